The first-order valence-electron chi connectivity index (χ1n) is 6.71. The average molecular weight is 237 g/mol. The molecule has 0 aromatic carbocycles. The molecule has 0 fully saturated rings. The monoisotopic (exact) mass is 237 g/mol. The van der Waals surface area contributed by atoms with Gasteiger partial charge in [0.1, 0.15) is 0 Å². The molecule has 3 nitrogen and oxygen atoms in total. The second kappa shape index (κ2) is 7.51. The molecule has 1 N–H and O–H groups in total. The molecule has 0 saturated heterocycles. The van der Waals surface area contributed by atoms with Gasteiger partial charge >= 0.3 is 0 Å². The van der Waals surface area contributed by atoms with Crippen LogP contribution in [0.5, 0.6) is 0 Å². The van der Waals surface area contributed by atoms with Crippen LogP contribution < -0.4 is 5.32 Å². The van der Waals surface area contributed by atoms with Crippen LogP contribution in [0.4, 0.5) is 0 Å². The van der Waals surface area contributed by atoms with Gasteiger partial charge in [-0.15, -0.1) is 0 Å². The highest BCUT2D eigenvalue weighted by Crippen LogP contribution is 2.16. The SMILES string of the molecule is CCCNC(CC)c1ccn(CCN(C)C)c1. The highest BCUT2D eigenvalue weighted by atomic mass is 15.1. The van der Waals surface area contributed by atoms with Crippen LogP contribution in [0.2, 0.25) is 0 Å². The van der Waals surface area contributed by atoms with E-state index >= 15 is 0 Å². The third kappa shape index (κ3) is 4.92. The second-order valence-electron chi connectivity index (χ2n) is 4.90. The summed E-state index contributed by atoms with van der Waals surface area (Å²) in [6, 6.07) is 2.75. The lowest BCUT2D eigenvalue weighted by molar-refractivity contribution is 0.384. The van der Waals surface area contributed by atoms with E-state index in [0.717, 1.165) is 26.1 Å². The molecule has 1 rings (SSSR count). The van der Waals surface area contributed by atoms with Crippen molar-refractivity contribution in [2.75, 3.05) is 27.2 Å². The van der Waals surface area contributed by atoms with Crippen molar-refractivity contribution in [3.63, 3.8) is 0 Å². The maximum atomic E-state index is 3.59. The molecule has 0 aliphatic rings. The van der Waals surface area contributed by atoms with Crippen molar-refractivity contribution in [1.29, 1.82) is 0 Å². The van der Waals surface area contributed by atoms with E-state index in [1.165, 1.54) is 12.0 Å². The van der Waals surface area contributed by atoms with E-state index < -0.39 is 0 Å². The zero-order chi connectivity index (χ0) is 12.7. The fourth-order valence-corrected chi connectivity index (χ4v) is 1.94. The number of aromatic nitrogens is 1. The van der Waals surface area contributed by atoms with Crippen LogP contribution >= 0.6 is 0 Å². The lowest BCUT2D eigenvalue weighted by Gasteiger charge is -2.15. The van der Waals surface area contributed by atoms with Crippen molar-refractivity contribution in [1.82, 2.24) is 14.8 Å². The second-order valence-corrected chi connectivity index (χ2v) is 4.90. The van der Waals surface area contributed by atoms with E-state index in [1.54, 1.807) is 0 Å². The Balaban J connectivity index is 2.52. The van der Waals surface area contributed by atoms with Crippen molar-refractivity contribution in [2.45, 2.75) is 39.3 Å². The van der Waals surface area contributed by atoms with E-state index in [-0.39, 0.29) is 0 Å². The van der Waals surface area contributed by atoms with E-state index in [9.17, 15) is 0 Å². The van der Waals surface area contributed by atoms with Crippen LogP contribution in [0.15, 0.2) is 18.5 Å². The van der Waals surface area contributed by atoms with Gasteiger partial charge in [0.15, 0.2) is 0 Å². The molecule has 1 unspecified atom stereocenters. The molecule has 0 aliphatic carbocycles. The van der Waals surface area contributed by atoms with Gasteiger partial charge in [-0.1, -0.05) is 13.8 Å². The van der Waals surface area contributed by atoms with Crippen LogP contribution in [0.25, 0.3) is 0 Å². The Kier molecular flexibility index (Phi) is 6.30. The van der Waals surface area contributed by atoms with E-state index in [4.69, 9.17) is 0 Å². The summed E-state index contributed by atoms with van der Waals surface area (Å²) in [4.78, 5) is 2.21. The molecule has 0 saturated carbocycles. The molecule has 1 heterocycles. The van der Waals surface area contributed by atoms with Crippen molar-refractivity contribution in [2.24, 2.45) is 0 Å². The van der Waals surface area contributed by atoms with Crippen LogP contribution in [0, 0.1) is 0 Å². The molecule has 1 aromatic heterocycles. The average Bonchev–Trinajstić information content (AvgIpc) is 2.76. The van der Waals surface area contributed by atoms with E-state index in [0.29, 0.717) is 6.04 Å². The molecule has 3 heteroatoms. The van der Waals surface area contributed by atoms with Crippen molar-refractivity contribution in [3.8, 4) is 0 Å². The largest absolute Gasteiger partial charge is 0.353 e. The van der Waals surface area contributed by atoms with Gasteiger partial charge in [-0.05, 0) is 45.1 Å². The summed E-state index contributed by atoms with van der Waals surface area (Å²) < 4.78 is 2.28. The Hall–Kier alpha value is -0.800. The maximum Gasteiger partial charge on any atom is 0.0347 e. The van der Waals surface area contributed by atoms with Gasteiger partial charge in [-0.2, -0.15) is 0 Å². The van der Waals surface area contributed by atoms with Crippen molar-refractivity contribution < 1.29 is 0 Å². The molecule has 0 aliphatic heterocycles. The number of hydrogen-bond acceptors (Lipinski definition) is 2. The zero-order valence-corrected chi connectivity index (χ0v) is 11.7. The molecule has 0 amide bonds. The third-order valence-electron chi connectivity index (χ3n) is 3.03. The molecule has 1 atom stereocenters. The van der Waals surface area contributed by atoms with Gasteiger partial charge < -0.3 is 14.8 Å². The molecular formula is C14H27N3. The summed E-state index contributed by atoms with van der Waals surface area (Å²) in [6.07, 6.45) is 6.81. The van der Waals surface area contributed by atoms with Crippen LogP contribution in [0.3, 0.4) is 0 Å². The quantitative estimate of drug-likeness (QED) is 0.749. The van der Waals surface area contributed by atoms with Crippen LogP contribution in [-0.4, -0.2) is 36.7 Å². The summed E-state index contributed by atoms with van der Waals surface area (Å²) in [7, 11) is 4.23. The molecule has 98 valence electrons. The third-order valence-corrected chi connectivity index (χ3v) is 3.03. The van der Waals surface area contributed by atoms with Gasteiger partial charge in [-0.3, -0.25) is 0 Å². The van der Waals surface area contributed by atoms with Crippen molar-refractivity contribution in [3.05, 3.63) is 24.0 Å². The number of rotatable bonds is 8. The fourth-order valence-electron chi connectivity index (χ4n) is 1.94. The Labute approximate surface area is 106 Å². The maximum absolute atomic E-state index is 3.59. The fraction of sp³-hybridized carbons (Fsp3) is 0.714. The Morgan fingerprint density at radius 2 is 2.12 bits per heavy atom. The first kappa shape index (κ1) is 14.3. The van der Waals surface area contributed by atoms with Crippen LogP contribution in [0.1, 0.15) is 38.3 Å². The minimum atomic E-state index is 0.510. The Bertz CT molecular complexity index is 304. The Morgan fingerprint density at radius 3 is 2.71 bits per heavy atom. The van der Waals surface area contributed by atoms with Gasteiger partial charge in [-0.25, -0.2) is 0 Å². The van der Waals surface area contributed by atoms with Crippen LogP contribution in [-0.2, 0) is 6.54 Å². The van der Waals surface area contributed by atoms with E-state index in [2.05, 4.69) is 61.2 Å². The molecular weight excluding hydrogens is 210 g/mol. The van der Waals surface area contributed by atoms with Gasteiger partial charge in [0.2, 0.25) is 0 Å². The number of likely N-dealkylation sites (N-methyl/N-ethyl adjacent to an activating group) is 1. The lowest BCUT2D eigenvalue weighted by atomic mass is 10.1. The summed E-state index contributed by atoms with van der Waals surface area (Å²) >= 11 is 0. The predicted molar refractivity (Wildman–Crippen MR) is 74.3 cm³/mol. The smallest absolute Gasteiger partial charge is 0.0347 e. The highest BCUT2D eigenvalue weighted by molar-refractivity contribution is 5.15. The molecule has 0 spiro atoms. The van der Waals surface area contributed by atoms with Gasteiger partial charge in [0, 0.05) is 31.5 Å². The summed E-state index contributed by atoms with van der Waals surface area (Å²) in [6.45, 7) is 7.71. The molecule has 0 bridgehead atoms. The van der Waals surface area contributed by atoms with Gasteiger partial charge in [0.05, 0.1) is 0 Å². The van der Waals surface area contributed by atoms with Gasteiger partial charge in [0.25, 0.3) is 0 Å². The molecule has 0 radical (unpaired) electrons. The van der Waals surface area contributed by atoms with E-state index in [1.807, 2.05) is 0 Å². The number of nitrogens with one attached hydrogen (secondary N) is 1. The predicted octanol–water partition coefficient (Wildman–Crippen LogP) is 2.50. The summed E-state index contributed by atoms with van der Waals surface area (Å²) in [5.74, 6) is 0. The summed E-state index contributed by atoms with van der Waals surface area (Å²) in [5, 5.41) is 3.59. The summed E-state index contributed by atoms with van der Waals surface area (Å²) in [5.41, 5.74) is 1.42. The number of hydrogen-bond donors (Lipinski definition) is 1. The first-order valence-corrected chi connectivity index (χ1v) is 6.71. The standard InChI is InChI=1S/C14H27N3/c1-5-8-15-14(6-2)13-7-9-17(12-13)11-10-16(3)4/h7,9,12,14-15H,5-6,8,10-11H2,1-4H3. The first-order chi connectivity index (χ1) is 8.17. The number of nitrogens with zero attached hydrogens (tertiary/aromatic N) is 2. The van der Waals surface area contributed by atoms with Crippen molar-refractivity contribution >= 4 is 0 Å². The minimum Gasteiger partial charge on any atom is -0.353 e. The molecule has 17 heavy (non-hydrogen) atoms. The zero-order valence-electron chi connectivity index (χ0n) is 11.7. The minimum absolute atomic E-state index is 0.510. The lowest BCUT2D eigenvalue weighted by Crippen LogP contribution is -2.21. The topological polar surface area (TPSA) is 20.2 Å². The Morgan fingerprint density at radius 1 is 1.35 bits per heavy atom. The molecule has 1 aromatic rings. The highest BCUT2D eigenvalue weighted by Gasteiger charge is 2.09. The normalized spacial score (nSPS) is 13.2.